The molecule has 0 aliphatic heterocycles. The molecule has 0 amide bonds. The molecule has 2 aromatic carbocycles. The van der Waals surface area contributed by atoms with Crippen molar-refractivity contribution in [3.05, 3.63) is 66.2 Å². The summed E-state index contributed by atoms with van der Waals surface area (Å²) in [5.41, 5.74) is 0.0997. The molecule has 5 nitrogen and oxygen atoms in total. The smallest absolute Gasteiger partial charge is 0.416 e. The van der Waals surface area contributed by atoms with Crippen molar-refractivity contribution < 1.29 is 26.0 Å². The van der Waals surface area contributed by atoms with Gasteiger partial charge in [-0.05, 0) is 30.3 Å². The van der Waals surface area contributed by atoms with E-state index in [1.165, 1.54) is 36.6 Å². The molecule has 0 aliphatic carbocycles. The molecule has 1 aromatic heterocycles. The number of hydrogen-bond acceptors (Lipinski definition) is 4. The van der Waals surface area contributed by atoms with E-state index in [1.54, 1.807) is 6.92 Å². The highest BCUT2D eigenvalue weighted by Crippen LogP contribution is 2.31. The van der Waals surface area contributed by atoms with E-state index >= 15 is 0 Å². The SMILES string of the molecule is Cc1nc(-c2ccc(S(=O)(=O)Nc3cccc(C(F)(F)F)c3)cc2)co1. The van der Waals surface area contributed by atoms with Gasteiger partial charge in [-0.3, -0.25) is 4.72 Å². The number of benzene rings is 2. The molecule has 0 bridgehead atoms. The number of halogens is 3. The molecule has 1 heterocycles. The number of alkyl halides is 3. The lowest BCUT2D eigenvalue weighted by Gasteiger charge is -2.11. The minimum atomic E-state index is -4.56. The zero-order valence-electron chi connectivity index (χ0n) is 13.4. The van der Waals surface area contributed by atoms with Crippen molar-refractivity contribution in [1.29, 1.82) is 0 Å². The summed E-state index contributed by atoms with van der Waals surface area (Å²) in [5.74, 6) is 0.475. The lowest BCUT2D eigenvalue weighted by atomic mass is 10.2. The summed E-state index contributed by atoms with van der Waals surface area (Å²) in [7, 11) is -4.03. The number of aryl methyl sites for hydroxylation is 1. The Bertz CT molecular complexity index is 1030. The van der Waals surface area contributed by atoms with E-state index in [1.807, 2.05) is 0 Å². The van der Waals surface area contributed by atoms with Crippen molar-refractivity contribution in [1.82, 2.24) is 4.98 Å². The van der Waals surface area contributed by atoms with Crippen LogP contribution in [0, 0.1) is 6.92 Å². The van der Waals surface area contributed by atoms with Crippen LogP contribution >= 0.6 is 0 Å². The third-order valence-electron chi connectivity index (χ3n) is 3.52. The third kappa shape index (κ3) is 3.88. The van der Waals surface area contributed by atoms with Gasteiger partial charge in [-0.1, -0.05) is 18.2 Å². The van der Waals surface area contributed by atoms with Gasteiger partial charge in [0, 0.05) is 18.2 Å². The van der Waals surface area contributed by atoms with E-state index in [2.05, 4.69) is 9.71 Å². The number of aromatic nitrogens is 1. The fourth-order valence-electron chi connectivity index (χ4n) is 2.27. The molecule has 0 saturated heterocycles. The largest absolute Gasteiger partial charge is 0.449 e. The minimum absolute atomic E-state index is 0.0844. The first-order chi connectivity index (χ1) is 12.1. The van der Waals surface area contributed by atoms with Crippen LogP contribution in [0.3, 0.4) is 0 Å². The first-order valence-corrected chi connectivity index (χ1v) is 8.86. The Kier molecular flexibility index (Phi) is 4.49. The van der Waals surface area contributed by atoms with E-state index in [9.17, 15) is 21.6 Å². The van der Waals surface area contributed by atoms with Crippen molar-refractivity contribution in [3.63, 3.8) is 0 Å². The van der Waals surface area contributed by atoms with Gasteiger partial charge in [-0.2, -0.15) is 13.2 Å². The molecule has 0 fully saturated rings. The molecule has 0 aliphatic rings. The van der Waals surface area contributed by atoms with Crippen LogP contribution in [0.2, 0.25) is 0 Å². The van der Waals surface area contributed by atoms with Gasteiger partial charge in [0.05, 0.1) is 10.5 Å². The Hall–Kier alpha value is -2.81. The van der Waals surface area contributed by atoms with Gasteiger partial charge >= 0.3 is 6.18 Å². The summed E-state index contributed by atoms with van der Waals surface area (Å²) in [6.07, 6.45) is -3.11. The Labute approximate surface area is 147 Å². The van der Waals surface area contributed by atoms with Gasteiger partial charge in [-0.15, -0.1) is 0 Å². The van der Waals surface area contributed by atoms with Crippen molar-refractivity contribution >= 4 is 15.7 Å². The molecular weight excluding hydrogens is 369 g/mol. The maximum absolute atomic E-state index is 12.7. The number of sulfonamides is 1. The van der Waals surface area contributed by atoms with E-state index in [-0.39, 0.29) is 10.6 Å². The van der Waals surface area contributed by atoms with Crippen LogP contribution in [-0.2, 0) is 16.2 Å². The molecule has 3 rings (SSSR count). The fraction of sp³-hybridized carbons (Fsp3) is 0.118. The molecule has 0 radical (unpaired) electrons. The predicted octanol–water partition coefficient (Wildman–Crippen LogP) is 4.47. The molecule has 9 heteroatoms. The van der Waals surface area contributed by atoms with Crippen molar-refractivity contribution in [2.75, 3.05) is 4.72 Å². The molecule has 0 atom stereocenters. The number of anilines is 1. The van der Waals surface area contributed by atoms with Crippen LogP contribution in [-0.4, -0.2) is 13.4 Å². The summed E-state index contributed by atoms with van der Waals surface area (Å²) in [4.78, 5) is 4.05. The van der Waals surface area contributed by atoms with Crippen LogP contribution < -0.4 is 4.72 Å². The first-order valence-electron chi connectivity index (χ1n) is 7.38. The molecule has 0 spiro atoms. The van der Waals surface area contributed by atoms with Crippen molar-refractivity contribution in [3.8, 4) is 11.3 Å². The Morgan fingerprint density at radius 3 is 2.35 bits per heavy atom. The second-order valence-corrected chi connectivity index (χ2v) is 7.14. The summed E-state index contributed by atoms with van der Waals surface area (Å²) >= 11 is 0. The van der Waals surface area contributed by atoms with Gasteiger partial charge in [0.1, 0.15) is 12.0 Å². The quantitative estimate of drug-likeness (QED) is 0.723. The van der Waals surface area contributed by atoms with E-state index in [0.717, 1.165) is 18.2 Å². The zero-order chi connectivity index (χ0) is 18.9. The van der Waals surface area contributed by atoms with Gasteiger partial charge in [0.2, 0.25) is 0 Å². The zero-order valence-corrected chi connectivity index (χ0v) is 14.2. The second-order valence-electron chi connectivity index (χ2n) is 5.46. The maximum Gasteiger partial charge on any atom is 0.416 e. The van der Waals surface area contributed by atoms with Crippen molar-refractivity contribution in [2.24, 2.45) is 0 Å². The average Bonchev–Trinajstić information content (AvgIpc) is 3.00. The van der Waals surface area contributed by atoms with Crippen LogP contribution in [0.5, 0.6) is 0 Å². The van der Waals surface area contributed by atoms with Crippen LogP contribution in [0.25, 0.3) is 11.3 Å². The topological polar surface area (TPSA) is 72.2 Å². The maximum atomic E-state index is 12.7. The molecule has 3 aromatic rings. The Morgan fingerprint density at radius 2 is 1.77 bits per heavy atom. The third-order valence-corrected chi connectivity index (χ3v) is 4.92. The van der Waals surface area contributed by atoms with E-state index < -0.39 is 21.8 Å². The van der Waals surface area contributed by atoms with Gasteiger partial charge in [0.15, 0.2) is 5.89 Å². The Morgan fingerprint density at radius 1 is 1.08 bits per heavy atom. The number of oxazole rings is 1. The molecule has 1 N–H and O–H groups in total. The number of rotatable bonds is 4. The van der Waals surface area contributed by atoms with E-state index in [0.29, 0.717) is 17.1 Å². The summed E-state index contributed by atoms with van der Waals surface area (Å²) in [6, 6.07) is 9.76. The van der Waals surface area contributed by atoms with Crippen LogP contribution in [0.1, 0.15) is 11.5 Å². The highest BCUT2D eigenvalue weighted by atomic mass is 32.2. The lowest BCUT2D eigenvalue weighted by molar-refractivity contribution is -0.137. The van der Waals surface area contributed by atoms with Crippen molar-refractivity contribution in [2.45, 2.75) is 18.0 Å². The molecule has 26 heavy (non-hydrogen) atoms. The van der Waals surface area contributed by atoms with E-state index in [4.69, 9.17) is 4.42 Å². The minimum Gasteiger partial charge on any atom is -0.449 e. The second kappa shape index (κ2) is 6.49. The van der Waals surface area contributed by atoms with Crippen LogP contribution in [0.15, 0.2) is 64.1 Å². The number of hydrogen-bond donors (Lipinski definition) is 1. The summed E-state index contributed by atoms with van der Waals surface area (Å²) < 4.78 is 70.2. The molecular formula is C17H13F3N2O3S. The van der Waals surface area contributed by atoms with Gasteiger partial charge < -0.3 is 4.42 Å². The average molecular weight is 382 g/mol. The first kappa shape index (κ1) is 18.0. The lowest BCUT2D eigenvalue weighted by Crippen LogP contribution is -2.14. The fourth-order valence-corrected chi connectivity index (χ4v) is 3.32. The normalized spacial score (nSPS) is 12.2. The highest BCUT2D eigenvalue weighted by molar-refractivity contribution is 7.92. The highest BCUT2D eigenvalue weighted by Gasteiger charge is 2.30. The Balaban J connectivity index is 1.84. The standard InChI is InChI=1S/C17H13F3N2O3S/c1-11-21-16(10-25-11)12-5-7-15(8-6-12)26(23,24)22-14-4-2-3-13(9-14)17(18,19)20/h2-10,22H,1H3. The molecule has 0 saturated carbocycles. The summed E-state index contributed by atoms with van der Waals surface area (Å²) in [6.45, 7) is 1.68. The van der Waals surface area contributed by atoms with Gasteiger partial charge in [-0.25, -0.2) is 13.4 Å². The van der Waals surface area contributed by atoms with Gasteiger partial charge in [0.25, 0.3) is 10.0 Å². The molecule has 0 unspecified atom stereocenters. The van der Waals surface area contributed by atoms with Crippen LogP contribution in [0.4, 0.5) is 18.9 Å². The summed E-state index contributed by atoms with van der Waals surface area (Å²) in [5, 5.41) is 0. The molecule has 136 valence electrons. The predicted molar refractivity (Wildman–Crippen MR) is 88.9 cm³/mol. The monoisotopic (exact) mass is 382 g/mol. The number of nitrogens with one attached hydrogen (secondary N) is 1. The number of nitrogens with zero attached hydrogens (tertiary/aromatic N) is 1.